The SMILES string of the molecule is Cc1ccc(S(=O)(=O)N2CCCC(C(=O)Nc3nc(-c4cccnc4)cs3)C2)cc1. The predicted molar refractivity (Wildman–Crippen MR) is 117 cm³/mol. The van der Waals surface area contributed by atoms with Gasteiger partial charge < -0.3 is 5.32 Å². The van der Waals surface area contributed by atoms with Crippen molar-refractivity contribution in [1.29, 1.82) is 0 Å². The van der Waals surface area contributed by atoms with E-state index in [4.69, 9.17) is 0 Å². The van der Waals surface area contributed by atoms with Crippen LogP contribution in [0, 0.1) is 12.8 Å². The van der Waals surface area contributed by atoms with Crippen molar-refractivity contribution >= 4 is 32.4 Å². The van der Waals surface area contributed by atoms with Crippen molar-refractivity contribution in [3.8, 4) is 11.3 Å². The topological polar surface area (TPSA) is 92.3 Å². The molecule has 1 aliphatic rings. The molecule has 1 atom stereocenters. The van der Waals surface area contributed by atoms with Gasteiger partial charge in [-0.1, -0.05) is 17.7 Å². The van der Waals surface area contributed by atoms with Crippen LogP contribution in [0.4, 0.5) is 5.13 Å². The number of nitrogens with one attached hydrogen (secondary N) is 1. The maximum absolute atomic E-state index is 13.0. The number of nitrogens with zero attached hydrogens (tertiary/aromatic N) is 3. The molecule has 4 rings (SSSR count). The van der Waals surface area contributed by atoms with Crippen molar-refractivity contribution in [1.82, 2.24) is 14.3 Å². The summed E-state index contributed by atoms with van der Waals surface area (Å²) in [5.41, 5.74) is 2.62. The summed E-state index contributed by atoms with van der Waals surface area (Å²) in [4.78, 5) is 21.6. The molecule has 0 bridgehead atoms. The van der Waals surface area contributed by atoms with Crippen LogP contribution in [-0.2, 0) is 14.8 Å². The number of carbonyl (C=O) groups is 1. The van der Waals surface area contributed by atoms with Gasteiger partial charge in [-0.25, -0.2) is 13.4 Å². The molecule has 2 aromatic heterocycles. The van der Waals surface area contributed by atoms with Gasteiger partial charge in [-0.05, 0) is 44.0 Å². The highest BCUT2D eigenvalue weighted by Crippen LogP contribution is 2.27. The summed E-state index contributed by atoms with van der Waals surface area (Å²) >= 11 is 1.34. The molecule has 7 nitrogen and oxygen atoms in total. The lowest BCUT2D eigenvalue weighted by molar-refractivity contribution is -0.120. The number of thiazole rings is 1. The zero-order valence-electron chi connectivity index (χ0n) is 16.5. The molecule has 0 spiro atoms. The number of carbonyl (C=O) groups excluding carboxylic acids is 1. The van der Waals surface area contributed by atoms with E-state index in [1.165, 1.54) is 15.6 Å². The Bertz CT molecular complexity index is 1130. The smallest absolute Gasteiger partial charge is 0.243 e. The number of amides is 1. The normalized spacial score (nSPS) is 17.6. The molecule has 1 amide bonds. The zero-order chi connectivity index (χ0) is 21.1. The van der Waals surface area contributed by atoms with Crippen molar-refractivity contribution in [3.05, 3.63) is 59.7 Å². The molecule has 1 fully saturated rings. The second kappa shape index (κ2) is 8.63. The van der Waals surface area contributed by atoms with Gasteiger partial charge in [0, 0.05) is 36.4 Å². The molecule has 0 radical (unpaired) electrons. The molecule has 9 heteroatoms. The Labute approximate surface area is 179 Å². The molecule has 0 saturated carbocycles. The molecule has 156 valence electrons. The Kier molecular flexibility index (Phi) is 5.94. The molecule has 1 unspecified atom stereocenters. The summed E-state index contributed by atoms with van der Waals surface area (Å²) < 4.78 is 27.3. The lowest BCUT2D eigenvalue weighted by Crippen LogP contribution is -2.43. The first-order valence-corrected chi connectivity index (χ1v) is 12.0. The van der Waals surface area contributed by atoms with Gasteiger partial charge >= 0.3 is 0 Å². The van der Waals surface area contributed by atoms with Crippen molar-refractivity contribution in [2.75, 3.05) is 18.4 Å². The third-order valence-corrected chi connectivity index (χ3v) is 7.74. The third-order valence-electron chi connectivity index (χ3n) is 5.11. The van der Waals surface area contributed by atoms with Gasteiger partial charge in [0.2, 0.25) is 15.9 Å². The second-order valence-corrected chi connectivity index (χ2v) is 10.1. The van der Waals surface area contributed by atoms with Crippen LogP contribution in [0.1, 0.15) is 18.4 Å². The average Bonchev–Trinajstić information content (AvgIpc) is 3.23. The number of anilines is 1. The molecule has 1 aliphatic heterocycles. The average molecular weight is 443 g/mol. The Morgan fingerprint density at radius 1 is 1.23 bits per heavy atom. The molecule has 1 aromatic carbocycles. The van der Waals surface area contributed by atoms with Crippen LogP contribution >= 0.6 is 11.3 Å². The van der Waals surface area contributed by atoms with E-state index in [0.29, 0.717) is 24.5 Å². The maximum atomic E-state index is 13.0. The molecule has 1 saturated heterocycles. The molecule has 3 aromatic rings. The molecule has 30 heavy (non-hydrogen) atoms. The maximum Gasteiger partial charge on any atom is 0.243 e. The Morgan fingerprint density at radius 3 is 2.77 bits per heavy atom. The van der Waals surface area contributed by atoms with Crippen LogP contribution in [0.5, 0.6) is 0 Å². The summed E-state index contributed by atoms with van der Waals surface area (Å²) in [6.07, 6.45) is 4.70. The van der Waals surface area contributed by atoms with Crippen LogP contribution in [0.3, 0.4) is 0 Å². The monoisotopic (exact) mass is 442 g/mol. The number of aryl methyl sites for hydroxylation is 1. The number of hydrogen-bond acceptors (Lipinski definition) is 6. The van der Waals surface area contributed by atoms with E-state index in [1.54, 1.807) is 36.7 Å². The standard InChI is InChI=1S/C21H22N4O3S2/c1-15-6-8-18(9-7-15)30(27,28)25-11-3-5-17(13-25)20(26)24-21-23-19(14-29-21)16-4-2-10-22-12-16/h2,4,6-10,12,14,17H,3,5,11,13H2,1H3,(H,23,24,26). The summed E-state index contributed by atoms with van der Waals surface area (Å²) in [6, 6.07) is 10.5. The zero-order valence-corrected chi connectivity index (χ0v) is 18.1. The first-order valence-electron chi connectivity index (χ1n) is 9.67. The number of rotatable bonds is 5. The first-order chi connectivity index (χ1) is 14.4. The van der Waals surface area contributed by atoms with E-state index in [1.807, 2.05) is 24.4 Å². The number of pyridine rings is 1. The molecule has 0 aliphatic carbocycles. The third kappa shape index (κ3) is 4.43. The minimum absolute atomic E-state index is 0.170. The van der Waals surface area contributed by atoms with Gasteiger partial charge in [-0.2, -0.15) is 4.31 Å². The largest absolute Gasteiger partial charge is 0.302 e. The van der Waals surface area contributed by atoms with Crippen LogP contribution in [0.15, 0.2) is 59.1 Å². The van der Waals surface area contributed by atoms with Crippen molar-refractivity contribution in [2.45, 2.75) is 24.7 Å². The second-order valence-electron chi connectivity index (χ2n) is 7.28. The fourth-order valence-corrected chi connectivity index (χ4v) is 5.67. The van der Waals surface area contributed by atoms with E-state index >= 15 is 0 Å². The quantitative estimate of drug-likeness (QED) is 0.652. The predicted octanol–water partition coefficient (Wildman–Crippen LogP) is 3.55. The number of aromatic nitrogens is 2. The van der Waals surface area contributed by atoms with Crippen LogP contribution in [-0.4, -0.2) is 41.7 Å². The van der Waals surface area contributed by atoms with Crippen LogP contribution in [0.25, 0.3) is 11.3 Å². The minimum Gasteiger partial charge on any atom is -0.302 e. The van der Waals surface area contributed by atoms with E-state index in [9.17, 15) is 13.2 Å². The van der Waals surface area contributed by atoms with Crippen molar-refractivity contribution in [2.24, 2.45) is 5.92 Å². The first kappa shape index (κ1) is 20.6. The summed E-state index contributed by atoms with van der Waals surface area (Å²) in [7, 11) is -3.62. The van der Waals surface area contributed by atoms with Gasteiger partial charge in [-0.3, -0.25) is 9.78 Å². The Hall–Kier alpha value is -2.62. The van der Waals surface area contributed by atoms with E-state index < -0.39 is 15.9 Å². The molecular formula is C21H22N4O3S2. The Balaban J connectivity index is 1.44. The van der Waals surface area contributed by atoms with Gasteiger partial charge in [0.15, 0.2) is 5.13 Å². The summed E-state index contributed by atoms with van der Waals surface area (Å²) in [5, 5.41) is 5.21. The van der Waals surface area contributed by atoms with Crippen molar-refractivity contribution in [3.63, 3.8) is 0 Å². The van der Waals surface area contributed by atoms with Crippen LogP contribution < -0.4 is 5.32 Å². The number of hydrogen-bond donors (Lipinski definition) is 1. The van der Waals surface area contributed by atoms with Gasteiger partial charge in [0.05, 0.1) is 16.5 Å². The molecule has 3 heterocycles. The number of sulfonamides is 1. The molecular weight excluding hydrogens is 420 g/mol. The Morgan fingerprint density at radius 2 is 2.03 bits per heavy atom. The highest BCUT2D eigenvalue weighted by molar-refractivity contribution is 7.89. The fraction of sp³-hybridized carbons (Fsp3) is 0.286. The van der Waals surface area contributed by atoms with Gasteiger partial charge in [-0.15, -0.1) is 11.3 Å². The van der Waals surface area contributed by atoms with E-state index in [-0.39, 0.29) is 17.3 Å². The lowest BCUT2D eigenvalue weighted by atomic mass is 9.99. The number of piperidine rings is 1. The highest BCUT2D eigenvalue weighted by Gasteiger charge is 2.33. The van der Waals surface area contributed by atoms with Gasteiger partial charge in [0.1, 0.15) is 0 Å². The minimum atomic E-state index is -3.62. The van der Waals surface area contributed by atoms with Crippen molar-refractivity contribution < 1.29 is 13.2 Å². The lowest BCUT2D eigenvalue weighted by Gasteiger charge is -2.31. The van der Waals surface area contributed by atoms with Gasteiger partial charge in [0.25, 0.3) is 0 Å². The summed E-state index contributed by atoms with van der Waals surface area (Å²) in [5.74, 6) is -0.615. The highest BCUT2D eigenvalue weighted by atomic mass is 32.2. The van der Waals surface area contributed by atoms with E-state index in [2.05, 4.69) is 15.3 Å². The fourth-order valence-electron chi connectivity index (χ4n) is 3.42. The molecule has 1 N–H and O–H groups in total. The summed E-state index contributed by atoms with van der Waals surface area (Å²) in [6.45, 7) is 2.50. The van der Waals surface area contributed by atoms with Crippen LogP contribution in [0.2, 0.25) is 0 Å². The number of benzene rings is 1. The van der Waals surface area contributed by atoms with E-state index in [0.717, 1.165) is 16.8 Å².